The number of thiophene rings is 1. The maximum absolute atomic E-state index is 12.1. The van der Waals surface area contributed by atoms with Crippen LogP contribution < -0.4 is 10.1 Å². The van der Waals surface area contributed by atoms with Crippen molar-refractivity contribution in [2.45, 2.75) is 20.8 Å². The van der Waals surface area contributed by atoms with E-state index in [1.807, 2.05) is 13.8 Å². The van der Waals surface area contributed by atoms with Crippen LogP contribution in [0.2, 0.25) is 0 Å². The fourth-order valence-electron chi connectivity index (χ4n) is 2.42. The number of carbonyl (C=O) groups excluding carboxylic acids is 3. The molecule has 8 heteroatoms. The van der Waals surface area contributed by atoms with Crippen molar-refractivity contribution in [3.8, 4) is 5.75 Å². The van der Waals surface area contributed by atoms with Crippen molar-refractivity contribution in [2.75, 3.05) is 25.6 Å². The highest BCUT2D eigenvalue weighted by atomic mass is 32.1. The summed E-state index contributed by atoms with van der Waals surface area (Å²) in [5, 5.41) is 2.97. The molecule has 0 aliphatic heterocycles. The predicted octanol–water partition coefficient (Wildman–Crippen LogP) is 3.75. The predicted molar refractivity (Wildman–Crippen MR) is 111 cm³/mol. The Labute approximate surface area is 173 Å². The van der Waals surface area contributed by atoms with Gasteiger partial charge in [0.25, 0.3) is 5.91 Å². The molecule has 0 aliphatic carbocycles. The topological polar surface area (TPSA) is 90.9 Å². The molecule has 1 aromatic carbocycles. The number of amides is 1. The van der Waals surface area contributed by atoms with E-state index < -0.39 is 24.5 Å². The molecule has 1 amide bonds. The molecule has 7 nitrogen and oxygen atoms in total. The molecule has 154 valence electrons. The average molecular weight is 417 g/mol. The third-order valence-corrected chi connectivity index (χ3v) is 5.10. The van der Waals surface area contributed by atoms with Crippen LogP contribution in [0.5, 0.6) is 5.75 Å². The molecule has 1 heterocycles. The molecule has 0 aliphatic rings. The monoisotopic (exact) mass is 417 g/mol. The minimum absolute atomic E-state index is 0.310. The van der Waals surface area contributed by atoms with Gasteiger partial charge in [0.05, 0.1) is 19.3 Å². The molecule has 0 fully saturated rings. The lowest BCUT2D eigenvalue weighted by Crippen LogP contribution is -2.21. The first-order valence-corrected chi connectivity index (χ1v) is 9.73. The number of aryl methyl sites for hydroxylation is 1. The summed E-state index contributed by atoms with van der Waals surface area (Å²) in [6.07, 6.45) is 2.82. The Morgan fingerprint density at radius 3 is 2.45 bits per heavy atom. The molecule has 0 unspecified atom stereocenters. The molecule has 0 atom stereocenters. The van der Waals surface area contributed by atoms with Crippen molar-refractivity contribution >= 4 is 40.3 Å². The highest BCUT2D eigenvalue weighted by molar-refractivity contribution is 7.16. The van der Waals surface area contributed by atoms with E-state index in [4.69, 9.17) is 14.2 Å². The van der Waals surface area contributed by atoms with Gasteiger partial charge in [0.2, 0.25) is 0 Å². The summed E-state index contributed by atoms with van der Waals surface area (Å²) < 4.78 is 15.1. The number of esters is 2. The fourth-order valence-corrected chi connectivity index (χ4v) is 3.48. The fraction of sp³-hybridized carbons (Fsp3) is 0.286. The van der Waals surface area contributed by atoms with E-state index in [0.29, 0.717) is 17.2 Å². The zero-order chi connectivity index (χ0) is 21.4. The minimum Gasteiger partial charge on any atom is -0.494 e. The molecule has 1 N–H and O–H groups in total. The van der Waals surface area contributed by atoms with Crippen LogP contribution >= 0.6 is 11.3 Å². The van der Waals surface area contributed by atoms with Crippen molar-refractivity contribution in [1.29, 1.82) is 0 Å². The number of rotatable bonds is 8. The molecule has 2 aromatic rings. The van der Waals surface area contributed by atoms with Gasteiger partial charge in [-0.15, -0.1) is 11.3 Å². The van der Waals surface area contributed by atoms with E-state index in [9.17, 15) is 14.4 Å². The number of hydrogen-bond donors (Lipinski definition) is 1. The third-order valence-electron chi connectivity index (χ3n) is 3.98. The second-order valence-corrected chi connectivity index (χ2v) is 7.19. The van der Waals surface area contributed by atoms with Gasteiger partial charge in [-0.1, -0.05) is 12.1 Å². The number of anilines is 1. The van der Waals surface area contributed by atoms with E-state index in [1.165, 1.54) is 24.5 Å². The highest BCUT2D eigenvalue weighted by Crippen LogP contribution is 2.32. The Hall–Kier alpha value is -3.13. The van der Waals surface area contributed by atoms with Gasteiger partial charge < -0.3 is 19.5 Å². The highest BCUT2D eigenvalue weighted by Gasteiger charge is 2.21. The summed E-state index contributed by atoms with van der Waals surface area (Å²) in [5.41, 5.74) is 1.85. The van der Waals surface area contributed by atoms with Crippen molar-refractivity contribution in [2.24, 2.45) is 0 Å². The van der Waals surface area contributed by atoms with Crippen molar-refractivity contribution in [1.82, 2.24) is 0 Å². The lowest BCUT2D eigenvalue weighted by molar-refractivity contribution is -0.142. The van der Waals surface area contributed by atoms with Crippen molar-refractivity contribution in [3.63, 3.8) is 0 Å². The van der Waals surface area contributed by atoms with Crippen LogP contribution in [0.25, 0.3) is 6.08 Å². The maximum atomic E-state index is 12.1. The molecule has 0 spiro atoms. The van der Waals surface area contributed by atoms with Crippen LogP contribution in [0, 0.1) is 13.8 Å². The van der Waals surface area contributed by atoms with Gasteiger partial charge in [-0.2, -0.15) is 0 Å². The Balaban J connectivity index is 1.90. The number of hydrogen-bond acceptors (Lipinski definition) is 7. The van der Waals surface area contributed by atoms with Crippen molar-refractivity contribution < 1.29 is 28.6 Å². The Morgan fingerprint density at radius 2 is 1.83 bits per heavy atom. The van der Waals surface area contributed by atoms with E-state index in [0.717, 1.165) is 21.8 Å². The minimum atomic E-state index is -0.652. The Bertz CT molecular complexity index is 914. The molecule has 29 heavy (non-hydrogen) atoms. The van der Waals surface area contributed by atoms with Gasteiger partial charge in [-0.3, -0.25) is 4.79 Å². The summed E-state index contributed by atoms with van der Waals surface area (Å²) in [5.74, 6) is -0.980. The first kappa shape index (κ1) is 22.2. The number of ether oxygens (including phenoxy) is 3. The smallest absolute Gasteiger partial charge is 0.341 e. The molecule has 0 radical (unpaired) electrons. The lowest BCUT2D eigenvalue weighted by atomic mass is 10.1. The van der Waals surface area contributed by atoms with Crippen LogP contribution in [-0.4, -0.2) is 38.2 Å². The molecular formula is C21H23NO6S. The largest absolute Gasteiger partial charge is 0.494 e. The van der Waals surface area contributed by atoms with E-state index >= 15 is 0 Å². The van der Waals surface area contributed by atoms with Gasteiger partial charge in [0.1, 0.15) is 10.8 Å². The van der Waals surface area contributed by atoms with Gasteiger partial charge >= 0.3 is 11.9 Å². The molecular weight excluding hydrogens is 394 g/mol. The van der Waals surface area contributed by atoms with Crippen LogP contribution in [0.15, 0.2) is 30.3 Å². The first-order chi connectivity index (χ1) is 13.8. The number of methoxy groups -OCH3 is 1. The number of carbonyl (C=O) groups is 3. The quantitative estimate of drug-likeness (QED) is 0.520. The average Bonchev–Trinajstić information content (AvgIpc) is 2.98. The van der Waals surface area contributed by atoms with Gasteiger partial charge in [0.15, 0.2) is 6.61 Å². The third kappa shape index (κ3) is 6.18. The van der Waals surface area contributed by atoms with E-state index in [1.54, 1.807) is 37.3 Å². The lowest BCUT2D eigenvalue weighted by Gasteiger charge is -2.06. The second-order valence-electron chi connectivity index (χ2n) is 5.97. The molecule has 0 saturated carbocycles. The summed E-state index contributed by atoms with van der Waals surface area (Å²) in [6, 6.07) is 7.20. The zero-order valence-electron chi connectivity index (χ0n) is 16.7. The summed E-state index contributed by atoms with van der Waals surface area (Å²) in [7, 11) is 1.28. The summed E-state index contributed by atoms with van der Waals surface area (Å²) in [4.78, 5) is 36.7. The Kier molecular flexibility index (Phi) is 7.97. The summed E-state index contributed by atoms with van der Waals surface area (Å²) in [6.45, 7) is 5.63. The molecule has 1 aromatic heterocycles. The molecule has 0 bridgehead atoms. The maximum Gasteiger partial charge on any atom is 0.341 e. The van der Waals surface area contributed by atoms with Crippen LogP contribution in [0.4, 0.5) is 5.00 Å². The second kappa shape index (κ2) is 10.4. The van der Waals surface area contributed by atoms with Crippen LogP contribution in [-0.2, 0) is 19.1 Å². The van der Waals surface area contributed by atoms with Gasteiger partial charge in [-0.25, -0.2) is 9.59 Å². The van der Waals surface area contributed by atoms with Crippen LogP contribution in [0.3, 0.4) is 0 Å². The standard InChI is InChI=1S/C21H23NO6S/c1-5-27-16-9-6-15(7-10-16)8-11-18(24)28-12-17(23)22-20-19(21(25)26-4)13(2)14(3)29-20/h6-11H,5,12H2,1-4H3,(H,22,23)/b11-8+. The normalized spacial score (nSPS) is 10.6. The molecule has 0 saturated heterocycles. The van der Waals surface area contributed by atoms with Gasteiger partial charge in [0, 0.05) is 11.0 Å². The first-order valence-electron chi connectivity index (χ1n) is 8.91. The number of benzene rings is 1. The van der Waals surface area contributed by atoms with Gasteiger partial charge in [-0.05, 0) is 50.1 Å². The van der Waals surface area contributed by atoms with Crippen LogP contribution in [0.1, 0.15) is 33.3 Å². The SMILES string of the molecule is CCOc1ccc(/C=C/C(=O)OCC(=O)Nc2sc(C)c(C)c2C(=O)OC)cc1. The van der Waals surface area contributed by atoms with Crippen molar-refractivity contribution in [3.05, 3.63) is 51.9 Å². The summed E-state index contributed by atoms with van der Waals surface area (Å²) >= 11 is 1.26. The zero-order valence-corrected chi connectivity index (χ0v) is 17.6. The Morgan fingerprint density at radius 1 is 1.14 bits per heavy atom. The molecule has 2 rings (SSSR count). The van der Waals surface area contributed by atoms with E-state index in [2.05, 4.69) is 5.32 Å². The number of nitrogens with one attached hydrogen (secondary N) is 1. The van der Waals surface area contributed by atoms with E-state index in [-0.39, 0.29) is 0 Å².